The number of halogens is 1. The first kappa shape index (κ1) is 21.7. The highest BCUT2D eigenvalue weighted by Crippen LogP contribution is 2.37. The van der Waals surface area contributed by atoms with E-state index in [4.69, 9.17) is 26.8 Å². The zero-order valence-electron chi connectivity index (χ0n) is 16.6. The first-order chi connectivity index (χ1) is 14.3. The van der Waals surface area contributed by atoms with Gasteiger partial charge in [0, 0.05) is 22.7 Å². The molecule has 3 aromatic rings. The maximum Gasteiger partial charge on any atom is 0.265 e. The van der Waals surface area contributed by atoms with Crippen molar-refractivity contribution >= 4 is 39.9 Å². The van der Waals surface area contributed by atoms with Crippen LogP contribution in [0.4, 0.5) is 5.13 Å². The van der Waals surface area contributed by atoms with Crippen LogP contribution in [0.25, 0.3) is 11.3 Å². The van der Waals surface area contributed by atoms with Gasteiger partial charge in [0.25, 0.3) is 11.8 Å². The van der Waals surface area contributed by atoms with Gasteiger partial charge >= 0.3 is 0 Å². The van der Waals surface area contributed by atoms with E-state index in [1.54, 1.807) is 23.7 Å². The van der Waals surface area contributed by atoms with Gasteiger partial charge < -0.3 is 20.2 Å². The van der Waals surface area contributed by atoms with Crippen molar-refractivity contribution in [3.8, 4) is 22.8 Å². The molecule has 4 N–H and O–H groups in total. The van der Waals surface area contributed by atoms with E-state index < -0.39 is 11.8 Å². The highest BCUT2D eigenvalue weighted by Gasteiger charge is 2.18. The van der Waals surface area contributed by atoms with E-state index in [2.05, 4.69) is 15.3 Å². The summed E-state index contributed by atoms with van der Waals surface area (Å²) in [6.45, 7) is 4.51. The number of nitrogens with two attached hydrogens (primary N) is 1. The molecule has 1 aromatic carbocycles. The maximum absolute atomic E-state index is 12.7. The lowest BCUT2D eigenvalue weighted by atomic mass is 10.2. The number of carbonyl (C=O) groups is 2. The number of aromatic nitrogens is 2. The standard InChI is InChI=1S/C20H21ClN4O4S/c1-10(2)8-29-17-13(21)4-11(6-16(17)28-3)19(27)25-20-24-15(9-30-20)12-5-14(18(22)26)23-7-12/h4-7,9-10,23H,8H2,1-3H3,(H2,22,26)(H,24,25,27). The summed E-state index contributed by atoms with van der Waals surface area (Å²) in [6, 6.07) is 4.69. The molecule has 0 aliphatic heterocycles. The third-order valence-corrected chi connectivity index (χ3v) is 5.06. The summed E-state index contributed by atoms with van der Waals surface area (Å²) in [7, 11) is 1.49. The predicted octanol–water partition coefficient (Wildman–Crippen LogP) is 4.19. The number of carbonyl (C=O) groups excluding carboxylic acids is 2. The lowest BCUT2D eigenvalue weighted by Gasteiger charge is -2.15. The summed E-state index contributed by atoms with van der Waals surface area (Å²) >= 11 is 7.57. The molecule has 3 rings (SSSR count). The number of nitrogens with zero attached hydrogens (tertiary/aromatic N) is 1. The van der Waals surface area contributed by atoms with E-state index in [-0.39, 0.29) is 10.7 Å². The third kappa shape index (κ3) is 4.92. The van der Waals surface area contributed by atoms with Crippen molar-refractivity contribution in [3.63, 3.8) is 0 Å². The van der Waals surface area contributed by atoms with Crippen LogP contribution in [-0.2, 0) is 0 Å². The molecule has 0 radical (unpaired) electrons. The van der Waals surface area contributed by atoms with Crippen molar-refractivity contribution in [2.24, 2.45) is 11.7 Å². The first-order valence-electron chi connectivity index (χ1n) is 9.04. The van der Waals surface area contributed by atoms with Gasteiger partial charge in [0.1, 0.15) is 5.69 Å². The number of primary amides is 1. The molecule has 2 aromatic heterocycles. The SMILES string of the molecule is COc1cc(C(=O)Nc2nc(-c3c[nH]c(C(N)=O)c3)cs2)cc(Cl)c1OCC(C)C. The zero-order valence-corrected chi connectivity index (χ0v) is 18.2. The van der Waals surface area contributed by atoms with Crippen molar-refractivity contribution in [1.29, 1.82) is 0 Å². The number of rotatable bonds is 8. The van der Waals surface area contributed by atoms with Crippen LogP contribution < -0.4 is 20.5 Å². The zero-order chi connectivity index (χ0) is 21.8. The van der Waals surface area contributed by atoms with Gasteiger partial charge in [-0.1, -0.05) is 25.4 Å². The number of aromatic amines is 1. The molecule has 0 saturated heterocycles. The molecule has 0 aliphatic carbocycles. The van der Waals surface area contributed by atoms with E-state index >= 15 is 0 Å². The number of nitrogens with one attached hydrogen (secondary N) is 2. The molecule has 30 heavy (non-hydrogen) atoms. The number of H-pyrrole nitrogens is 1. The maximum atomic E-state index is 12.7. The van der Waals surface area contributed by atoms with Gasteiger partial charge in [0.05, 0.1) is 24.4 Å². The lowest BCUT2D eigenvalue weighted by Crippen LogP contribution is -2.13. The number of methoxy groups -OCH3 is 1. The van der Waals surface area contributed by atoms with E-state index in [1.807, 2.05) is 13.8 Å². The Labute approximate surface area is 182 Å². The van der Waals surface area contributed by atoms with Crippen LogP contribution in [0.3, 0.4) is 0 Å². The van der Waals surface area contributed by atoms with Crippen LogP contribution in [0.1, 0.15) is 34.7 Å². The summed E-state index contributed by atoms with van der Waals surface area (Å²) in [5.41, 5.74) is 7.13. The number of amides is 2. The van der Waals surface area contributed by atoms with Crippen molar-refractivity contribution in [2.45, 2.75) is 13.8 Å². The van der Waals surface area contributed by atoms with E-state index in [0.29, 0.717) is 46.0 Å². The smallest absolute Gasteiger partial charge is 0.265 e. The molecule has 8 nitrogen and oxygen atoms in total. The predicted molar refractivity (Wildman–Crippen MR) is 117 cm³/mol. The molecule has 0 fully saturated rings. The summed E-state index contributed by atoms with van der Waals surface area (Å²) in [5, 5.41) is 5.18. The van der Waals surface area contributed by atoms with Gasteiger partial charge in [-0.05, 0) is 24.1 Å². The highest BCUT2D eigenvalue weighted by molar-refractivity contribution is 7.14. The number of hydrogen-bond donors (Lipinski definition) is 3. The number of ether oxygens (including phenoxy) is 2. The molecule has 158 valence electrons. The number of thiazole rings is 1. The van der Waals surface area contributed by atoms with E-state index in [1.165, 1.54) is 24.5 Å². The van der Waals surface area contributed by atoms with Gasteiger partial charge in [-0.2, -0.15) is 0 Å². The number of benzene rings is 1. The average Bonchev–Trinajstić information content (AvgIpc) is 3.35. The normalized spacial score (nSPS) is 10.8. The van der Waals surface area contributed by atoms with Crippen LogP contribution in [0.15, 0.2) is 29.8 Å². The summed E-state index contributed by atoms with van der Waals surface area (Å²) in [5.74, 6) is 0.139. The quantitative estimate of drug-likeness (QED) is 0.477. The second-order valence-electron chi connectivity index (χ2n) is 6.85. The Balaban J connectivity index is 1.76. The molecule has 0 bridgehead atoms. The Morgan fingerprint density at radius 2 is 2.10 bits per heavy atom. The first-order valence-corrected chi connectivity index (χ1v) is 10.3. The van der Waals surface area contributed by atoms with Crippen LogP contribution in [-0.4, -0.2) is 35.5 Å². The molecular weight excluding hydrogens is 428 g/mol. The van der Waals surface area contributed by atoms with Crippen molar-refractivity contribution in [3.05, 3.63) is 46.1 Å². The van der Waals surface area contributed by atoms with Gasteiger partial charge in [-0.25, -0.2) is 4.98 Å². The van der Waals surface area contributed by atoms with Gasteiger partial charge in [-0.15, -0.1) is 11.3 Å². The van der Waals surface area contributed by atoms with Gasteiger partial charge in [0.15, 0.2) is 16.6 Å². The van der Waals surface area contributed by atoms with Crippen LogP contribution >= 0.6 is 22.9 Å². The van der Waals surface area contributed by atoms with Crippen molar-refractivity contribution < 1.29 is 19.1 Å². The van der Waals surface area contributed by atoms with Gasteiger partial charge in [0.2, 0.25) is 0 Å². The average molecular weight is 449 g/mol. The Kier molecular flexibility index (Phi) is 6.63. The lowest BCUT2D eigenvalue weighted by molar-refractivity contribution is 0.0994. The minimum Gasteiger partial charge on any atom is -0.493 e. The van der Waals surface area contributed by atoms with Crippen LogP contribution in [0, 0.1) is 5.92 Å². The molecule has 2 heterocycles. The minimum atomic E-state index is -0.559. The Morgan fingerprint density at radius 1 is 1.33 bits per heavy atom. The second kappa shape index (κ2) is 9.19. The molecule has 0 aliphatic rings. The van der Waals surface area contributed by atoms with E-state index in [9.17, 15) is 9.59 Å². The molecule has 0 spiro atoms. The fourth-order valence-corrected chi connectivity index (χ4v) is 3.54. The molecule has 0 saturated carbocycles. The van der Waals surface area contributed by atoms with Crippen molar-refractivity contribution in [2.75, 3.05) is 19.0 Å². The van der Waals surface area contributed by atoms with Crippen molar-refractivity contribution in [1.82, 2.24) is 9.97 Å². The summed E-state index contributed by atoms with van der Waals surface area (Å²) in [6.07, 6.45) is 1.63. The molecule has 2 amide bonds. The Morgan fingerprint density at radius 3 is 2.73 bits per heavy atom. The third-order valence-electron chi connectivity index (χ3n) is 4.02. The summed E-state index contributed by atoms with van der Waals surface area (Å²) < 4.78 is 11.0. The molecular formula is C20H21ClN4O4S. The Bertz CT molecular complexity index is 1080. The van der Waals surface area contributed by atoms with Crippen LogP contribution in [0.5, 0.6) is 11.5 Å². The van der Waals surface area contributed by atoms with Crippen LogP contribution in [0.2, 0.25) is 5.02 Å². The monoisotopic (exact) mass is 448 g/mol. The second-order valence-corrected chi connectivity index (χ2v) is 8.12. The molecule has 0 unspecified atom stereocenters. The summed E-state index contributed by atoms with van der Waals surface area (Å²) in [4.78, 5) is 31.1. The Hall–Kier alpha value is -3.04. The topological polar surface area (TPSA) is 119 Å². The molecule has 10 heteroatoms. The fourth-order valence-electron chi connectivity index (χ4n) is 2.56. The molecule has 0 atom stereocenters. The largest absolute Gasteiger partial charge is 0.493 e. The van der Waals surface area contributed by atoms with E-state index in [0.717, 1.165) is 0 Å². The fraction of sp³-hybridized carbons (Fsp3) is 0.250. The van der Waals surface area contributed by atoms with Gasteiger partial charge in [-0.3, -0.25) is 14.9 Å². The minimum absolute atomic E-state index is 0.282. The highest BCUT2D eigenvalue weighted by atomic mass is 35.5. The number of anilines is 1. The number of hydrogen-bond acceptors (Lipinski definition) is 6.